The van der Waals surface area contributed by atoms with E-state index >= 15 is 0 Å². The van der Waals surface area contributed by atoms with Crippen molar-refractivity contribution in [2.45, 2.75) is 65.2 Å². The van der Waals surface area contributed by atoms with Crippen molar-refractivity contribution in [3.8, 4) is 16.8 Å². The Balaban J connectivity index is 0.00000124. The molecule has 3 aromatic carbocycles. The second-order valence-corrected chi connectivity index (χ2v) is 11.5. The second kappa shape index (κ2) is 8.81. The van der Waals surface area contributed by atoms with Crippen LogP contribution in [0.4, 0.5) is 0 Å². The van der Waals surface area contributed by atoms with Crippen LogP contribution in [0.25, 0.3) is 50.8 Å². The van der Waals surface area contributed by atoms with Crippen molar-refractivity contribution in [1.29, 1.82) is 0 Å². The summed E-state index contributed by atoms with van der Waals surface area (Å²) in [5, 5.41) is 2.67. The first-order chi connectivity index (χ1) is 19.0. The van der Waals surface area contributed by atoms with Crippen LogP contribution < -0.4 is 0 Å². The Morgan fingerprint density at radius 3 is 2.51 bits per heavy atom. The van der Waals surface area contributed by atoms with Gasteiger partial charge in [-0.1, -0.05) is 101 Å². The molecule has 0 fully saturated rings. The first kappa shape index (κ1) is 24.2. The van der Waals surface area contributed by atoms with Gasteiger partial charge < -0.3 is 4.57 Å². The Morgan fingerprint density at radius 2 is 1.64 bits per heavy atom. The molecule has 1 atom stereocenters. The Hall–Kier alpha value is -3.91. The zero-order valence-electron chi connectivity index (χ0n) is 23.7. The third-order valence-corrected chi connectivity index (χ3v) is 9.02. The van der Waals surface area contributed by atoms with Crippen LogP contribution >= 0.6 is 0 Å². The van der Waals surface area contributed by atoms with Gasteiger partial charge in [-0.15, -0.1) is 0 Å². The SMILES string of the molecule is CC.CC1CC=Cc2c1nc1c(c2-c2ccc3c(c2)c2cccc4c2n3-c2ccccc2C4(C)C)C=CCC1. The molecular weight excluding hydrogens is 472 g/mol. The Kier molecular flexibility index (Phi) is 5.46. The molecule has 0 bridgehead atoms. The van der Waals surface area contributed by atoms with Crippen molar-refractivity contribution in [3.63, 3.8) is 0 Å². The number of allylic oxidation sites excluding steroid dienone is 2. The zero-order valence-corrected chi connectivity index (χ0v) is 23.7. The van der Waals surface area contributed by atoms with Gasteiger partial charge in [0.25, 0.3) is 0 Å². The number of hydrogen-bond acceptors (Lipinski definition) is 1. The van der Waals surface area contributed by atoms with Crippen molar-refractivity contribution in [2.24, 2.45) is 0 Å². The summed E-state index contributed by atoms with van der Waals surface area (Å²) in [4.78, 5) is 5.20. The van der Waals surface area contributed by atoms with Crippen molar-refractivity contribution in [2.75, 3.05) is 0 Å². The quantitative estimate of drug-likeness (QED) is 0.220. The maximum absolute atomic E-state index is 5.20. The van der Waals surface area contributed by atoms with E-state index in [1.165, 1.54) is 72.3 Å². The highest BCUT2D eigenvalue weighted by Crippen LogP contribution is 2.48. The van der Waals surface area contributed by atoms with Gasteiger partial charge in [0.1, 0.15) is 0 Å². The lowest BCUT2D eigenvalue weighted by Crippen LogP contribution is -2.26. The number of rotatable bonds is 1. The normalized spacial score (nSPS) is 17.8. The van der Waals surface area contributed by atoms with Crippen LogP contribution in [0, 0.1) is 0 Å². The van der Waals surface area contributed by atoms with E-state index in [-0.39, 0.29) is 5.41 Å². The fourth-order valence-corrected chi connectivity index (χ4v) is 7.15. The minimum atomic E-state index is -0.0434. The molecule has 39 heavy (non-hydrogen) atoms. The Morgan fingerprint density at radius 1 is 0.846 bits per heavy atom. The van der Waals surface area contributed by atoms with Gasteiger partial charge in [0, 0.05) is 38.9 Å². The van der Waals surface area contributed by atoms with Crippen LogP contribution in [-0.2, 0) is 11.8 Å². The lowest BCUT2D eigenvalue weighted by molar-refractivity contribution is 0.630. The molecule has 0 saturated carbocycles. The van der Waals surface area contributed by atoms with Crippen LogP contribution in [0.1, 0.15) is 87.0 Å². The third kappa shape index (κ3) is 3.30. The maximum atomic E-state index is 5.20. The number of aromatic nitrogens is 2. The third-order valence-electron chi connectivity index (χ3n) is 9.02. The number of aryl methyl sites for hydroxylation is 1. The van der Waals surface area contributed by atoms with Gasteiger partial charge in [0.05, 0.1) is 22.4 Å². The Labute approximate surface area is 231 Å². The molecule has 194 valence electrons. The average Bonchev–Trinajstić information content (AvgIpc) is 3.31. The number of benzene rings is 3. The number of pyridine rings is 1. The zero-order chi connectivity index (χ0) is 26.9. The first-order valence-corrected chi connectivity index (χ1v) is 14.6. The molecule has 1 unspecified atom stereocenters. The number of fused-ring (bicyclic) bond motifs is 7. The standard InChI is InChI=1S/C35H30N2.C2H6/c1-21-10-8-13-25-32(24-11-4-6-16-29(24)36-33(21)25)22-18-19-30-26(20-22)23-12-9-15-28-34(23)37(30)31-17-7-5-14-27(31)35(28,2)3;1-2/h4-5,7-9,11-15,17-21H,6,10,16H2,1-3H3;1-2H3. The highest BCUT2D eigenvalue weighted by atomic mass is 15.0. The van der Waals surface area contributed by atoms with E-state index in [0.29, 0.717) is 5.92 Å². The van der Waals surface area contributed by atoms with Gasteiger partial charge in [0.15, 0.2) is 0 Å². The largest absolute Gasteiger partial charge is 0.309 e. The van der Waals surface area contributed by atoms with E-state index in [1.54, 1.807) is 0 Å². The van der Waals surface area contributed by atoms with Crippen molar-refractivity contribution in [3.05, 3.63) is 106 Å². The molecule has 0 amide bonds. The summed E-state index contributed by atoms with van der Waals surface area (Å²) in [6, 6.07) is 22.9. The molecule has 8 rings (SSSR count). The highest BCUT2D eigenvalue weighted by molar-refractivity contribution is 6.13. The summed E-state index contributed by atoms with van der Waals surface area (Å²) in [5.74, 6) is 0.455. The van der Waals surface area contributed by atoms with Crippen LogP contribution in [-0.4, -0.2) is 9.55 Å². The molecule has 0 saturated heterocycles. The van der Waals surface area contributed by atoms with E-state index in [0.717, 1.165) is 19.3 Å². The minimum absolute atomic E-state index is 0.0434. The predicted molar refractivity (Wildman–Crippen MR) is 167 cm³/mol. The van der Waals surface area contributed by atoms with Gasteiger partial charge in [-0.25, -0.2) is 0 Å². The molecule has 2 nitrogen and oxygen atoms in total. The molecule has 0 N–H and O–H groups in total. The highest BCUT2D eigenvalue weighted by Gasteiger charge is 2.35. The fourth-order valence-electron chi connectivity index (χ4n) is 7.15. The average molecular weight is 509 g/mol. The molecule has 2 heteroatoms. The molecule has 2 aromatic heterocycles. The molecule has 1 aliphatic heterocycles. The topological polar surface area (TPSA) is 17.8 Å². The van der Waals surface area contributed by atoms with E-state index in [9.17, 15) is 0 Å². The van der Waals surface area contributed by atoms with E-state index < -0.39 is 0 Å². The monoisotopic (exact) mass is 508 g/mol. The van der Waals surface area contributed by atoms with Gasteiger partial charge in [-0.05, 0) is 59.7 Å². The number of hydrogen-bond donors (Lipinski definition) is 0. The van der Waals surface area contributed by atoms with Gasteiger partial charge in [-0.2, -0.15) is 0 Å². The van der Waals surface area contributed by atoms with Crippen molar-refractivity contribution < 1.29 is 0 Å². The first-order valence-electron chi connectivity index (χ1n) is 14.6. The second-order valence-electron chi connectivity index (χ2n) is 11.5. The van der Waals surface area contributed by atoms with Gasteiger partial charge in [-0.3, -0.25) is 4.98 Å². The lowest BCUT2D eigenvalue weighted by atomic mass is 9.75. The molecule has 5 aromatic rings. The van der Waals surface area contributed by atoms with E-state index in [2.05, 4.69) is 110 Å². The van der Waals surface area contributed by atoms with Crippen LogP contribution in [0.2, 0.25) is 0 Å². The molecule has 2 aliphatic carbocycles. The fraction of sp³-hybridized carbons (Fsp3) is 0.270. The maximum Gasteiger partial charge on any atom is 0.0582 e. The molecule has 0 radical (unpaired) electrons. The lowest BCUT2D eigenvalue weighted by Gasteiger charge is -2.34. The summed E-state index contributed by atoms with van der Waals surface area (Å²) in [6.45, 7) is 11.0. The van der Waals surface area contributed by atoms with Crippen LogP contribution in [0.15, 0.2) is 72.8 Å². The minimum Gasteiger partial charge on any atom is -0.309 e. The van der Waals surface area contributed by atoms with Crippen molar-refractivity contribution in [1.82, 2.24) is 9.55 Å². The van der Waals surface area contributed by atoms with Crippen molar-refractivity contribution >= 4 is 34.0 Å². The number of nitrogens with zero attached hydrogens (tertiary/aromatic N) is 2. The molecule has 3 aliphatic rings. The van der Waals surface area contributed by atoms with E-state index in [4.69, 9.17) is 4.98 Å². The number of para-hydroxylation sites is 2. The molecule has 0 spiro atoms. The summed E-state index contributed by atoms with van der Waals surface area (Å²) >= 11 is 0. The van der Waals surface area contributed by atoms with Gasteiger partial charge >= 0.3 is 0 Å². The molecular formula is C37H36N2. The van der Waals surface area contributed by atoms with E-state index in [1.807, 2.05) is 13.8 Å². The summed E-state index contributed by atoms with van der Waals surface area (Å²) in [5.41, 5.74) is 14.5. The smallest absolute Gasteiger partial charge is 0.0582 e. The van der Waals surface area contributed by atoms with Crippen LogP contribution in [0.3, 0.4) is 0 Å². The Bertz CT molecular complexity index is 1840. The van der Waals surface area contributed by atoms with Gasteiger partial charge in [0.2, 0.25) is 0 Å². The predicted octanol–water partition coefficient (Wildman–Crippen LogP) is 9.99. The summed E-state index contributed by atoms with van der Waals surface area (Å²) < 4.78 is 2.50. The summed E-state index contributed by atoms with van der Waals surface area (Å²) in [6.07, 6.45) is 12.4. The summed E-state index contributed by atoms with van der Waals surface area (Å²) in [7, 11) is 0. The van der Waals surface area contributed by atoms with Crippen LogP contribution in [0.5, 0.6) is 0 Å². The molecule has 3 heterocycles.